The van der Waals surface area contributed by atoms with Crippen molar-refractivity contribution in [2.75, 3.05) is 33.2 Å². The van der Waals surface area contributed by atoms with Crippen molar-refractivity contribution < 1.29 is 0 Å². The summed E-state index contributed by atoms with van der Waals surface area (Å²) in [6, 6.07) is 0.586. The zero-order valence-corrected chi connectivity index (χ0v) is 16.9. The van der Waals surface area contributed by atoms with Crippen LogP contribution in [0, 0.1) is 11.8 Å². The van der Waals surface area contributed by atoms with Crippen LogP contribution in [0.15, 0.2) is 4.99 Å². The number of aliphatic imine (C=N–C) groups is 1. The van der Waals surface area contributed by atoms with Crippen LogP contribution in [0.2, 0.25) is 0 Å². The number of guanidine groups is 1. The zero-order chi connectivity index (χ0) is 15.1. The maximum atomic E-state index is 4.36. The van der Waals surface area contributed by atoms with Gasteiger partial charge in [-0.25, -0.2) is 0 Å². The van der Waals surface area contributed by atoms with E-state index >= 15 is 0 Å². The first-order valence-corrected chi connectivity index (χ1v) is 8.87. The van der Waals surface area contributed by atoms with Gasteiger partial charge < -0.3 is 15.5 Å². The number of nitrogens with one attached hydrogen (secondary N) is 2. The van der Waals surface area contributed by atoms with Crippen molar-refractivity contribution in [1.29, 1.82) is 0 Å². The average molecular weight is 422 g/mol. The van der Waals surface area contributed by atoms with Crippen LogP contribution in [0.1, 0.15) is 52.4 Å². The normalized spacial score (nSPS) is 20.8. The highest BCUT2D eigenvalue weighted by Gasteiger charge is 2.21. The molecule has 2 fully saturated rings. The third-order valence-corrected chi connectivity index (χ3v) is 4.55. The van der Waals surface area contributed by atoms with Gasteiger partial charge in [0.05, 0.1) is 0 Å². The minimum absolute atomic E-state index is 0. The predicted molar refractivity (Wildman–Crippen MR) is 106 cm³/mol. The van der Waals surface area contributed by atoms with E-state index in [1.807, 2.05) is 7.05 Å². The minimum Gasteiger partial charge on any atom is -0.356 e. The number of rotatable bonds is 7. The summed E-state index contributed by atoms with van der Waals surface area (Å²) in [5, 5.41) is 7.06. The molecule has 0 aromatic heterocycles. The molecule has 0 amide bonds. The van der Waals surface area contributed by atoms with Crippen molar-refractivity contribution in [3.8, 4) is 0 Å². The molecule has 1 saturated heterocycles. The molecule has 0 aromatic rings. The third-order valence-electron chi connectivity index (χ3n) is 4.55. The molecule has 1 saturated carbocycles. The molecule has 1 heterocycles. The van der Waals surface area contributed by atoms with Crippen LogP contribution >= 0.6 is 24.0 Å². The summed E-state index contributed by atoms with van der Waals surface area (Å²) in [6.07, 6.45) is 8.05. The molecule has 1 aliphatic carbocycles. The Morgan fingerprint density at radius 3 is 2.41 bits per heavy atom. The second kappa shape index (κ2) is 10.7. The molecule has 130 valence electrons. The predicted octanol–water partition coefficient (Wildman–Crippen LogP) is 3.08. The molecule has 2 rings (SSSR count). The van der Waals surface area contributed by atoms with E-state index in [9.17, 15) is 0 Å². The van der Waals surface area contributed by atoms with Gasteiger partial charge in [0.2, 0.25) is 0 Å². The zero-order valence-electron chi connectivity index (χ0n) is 14.6. The third kappa shape index (κ3) is 7.99. The SMILES string of the molecule is CN=C(NCCCC1CC1)NC1CCN(CC(C)C)CC1.I. The molecular formula is C17H35IN4. The van der Waals surface area contributed by atoms with E-state index in [2.05, 4.69) is 34.4 Å². The lowest BCUT2D eigenvalue weighted by molar-refractivity contribution is 0.187. The molecule has 0 spiro atoms. The van der Waals surface area contributed by atoms with Crippen LogP contribution in [0.25, 0.3) is 0 Å². The lowest BCUT2D eigenvalue weighted by atomic mass is 10.0. The summed E-state index contributed by atoms with van der Waals surface area (Å²) in [5.41, 5.74) is 0. The Labute approximate surface area is 153 Å². The molecule has 5 heteroatoms. The van der Waals surface area contributed by atoms with E-state index in [0.717, 1.165) is 24.3 Å². The fourth-order valence-electron chi connectivity index (χ4n) is 3.17. The van der Waals surface area contributed by atoms with Crippen LogP contribution in [-0.4, -0.2) is 50.1 Å². The highest BCUT2D eigenvalue weighted by molar-refractivity contribution is 14.0. The smallest absolute Gasteiger partial charge is 0.191 e. The van der Waals surface area contributed by atoms with Crippen LogP contribution in [0.4, 0.5) is 0 Å². The lowest BCUT2D eigenvalue weighted by Gasteiger charge is -2.34. The van der Waals surface area contributed by atoms with Gasteiger partial charge in [0.15, 0.2) is 5.96 Å². The molecule has 2 N–H and O–H groups in total. The van der Waals surface area contributed by atoms with Crippen LogP contribution in [0.5, 0.6) is 0 Å². The Balaban J connectivity index is 0.00000242. The van der Waals surface area contributed by atoms with Gasteiger partial charge in [-0.2, -0.15) is 0 Å². The maximum absolute atomic E-state index is 4.36. The van der Waals surface area contributed by atoms with E-state index in [-0.39, 0.29) is 24.0 Å². The molecule has 0 atom stereocenters. The van der Waals surface area contributed by atoms with Crippen LogP contribution in [-0.2, 0) is 0 Å². The molecule has 4 nitrogen and oxygen atoms in total. The highest BCUT2D eigenvalue weighted by Crippen LogP contribution is 2.33. The van der Waals surface area contributed by atoms with Gasteiger partial charge in [-0.3, -0.25) is 4.99 Å². The summed E-state index contributed by atoms with van der Waals surface area (Å²) in [7, 11) is 1.88. The second-order valence-corrected chi connectivity index (χ2v) is 7.20. The fraction of sp³-hybridized carbons (Fsp3) is 0.941. The highest BCUT2D eigenvalue weighted by atomic mass is 127. The van der Waals surface area contributed by atoms with Crippen molar-refractivity contribution in [2.45, 2.75) is 58.4 Å². The molecule has 1 aliphatic heterocycles. The van der Waals surface area contributed by atoms with E-state index in [1.54, 1.807) is 0 Å². The van der Waals surface area contributed by atoms with Gasteiger partial charge in [0.25, 0.3) is 0 Å². The van der Waals surface area contributed by atoms with Gasteiger partial charge in [-0.05, 0) is 37.5 Å². The Hall–Kier alpha value is -0.0400. The standard InChI is InChI=1S/C17H34N4.HI/c1-14(2)13-21-11-8-16(9-12-21)20-17(18-3)19-10-4-5-15-6-7-15;/h14-16H,4-13H2,1-3H3,(H2,18,19,20);1H. The molecule has 0 aromatic carbocycles. The van der Waals surface area contributed by atoms with Crippen molar-refractivity contribution in [3.63, 3.8) is 0 Å². The first-order valence-electron chi connectivity index (χ1n) is 8.87. The Bertz CT molecular complexity index is 321. The fourth-order valence-corrected chi connectivity index (χ4v) is 3.17. The quantitative estimate of drug-likeness (QED) is 0.287. The summed E-state index contributed by atoms with van der Waals surface area (Å²) in [5.74, 6) is 2.80. The van der Waals surface area contributed by atoms with Crippen LogP contribution < -0.4 is 10.6 Å². The Morgan fingerprint density at radius 1 is 1.18 bits per heavy atom. The number of hydrogen-bond donors (Lipinski definition) is 2. The van der Waals surface area contributed by atoms with Gasteiger partial charge in [0.1, 0.15) is 0 Å². The number of hydrogen-bond acceptors (Lipinski definition) is 2. The molecule has 22 heavy (non-hydrogen) atoms. The molecule has 0 bridgehead atoms. The number of nitrogens with zero attached hydrogens (tertiary/aromatic N) is 2. The van der Waals surface area contributed by atoms with Gasteiger partial charge in [-0.15, -0.1) is 24.0 Å². The summed E-state index contributed by atoms with van der Waals surface area (Å²) >= 11 is 0. The minimum atomic E-state index is 0. The monoisotopic (exact) mass is 422 g/mol. The maximum Gasteiger partial charge on any atom is 0.191 e. The van der Waals surface area contributed by atoms with E-state index in [1.165, 1.54) is 58.2 Å². The summed E-state index contributed by atoms with van der Waals surface area (Å²) in [6.45, 7) is 9.34. The van der Waals surface area contributed by atoms with E-state index in [0.29, 0.717) is 6.04 Å². The van der Waals surface area contributed by atoms with Crippen molar-refractivity contribution in [3.05, 3.63) is 0 Å². The number of halogens is 1. The average Bonchev–Trinajstić information content (AvgIpc) is 3.27. The largest absolute Gasteiger partial charge is 0.356 e. The molecular weight excluding hydrogens is 387 g/mol. The number of likely N-dealkylation sites (tertiary alicyclic amines) is 1. The first kappa shape index (κ1) is 20.0. The van der Waals surface area contributed by atoms with Gasteiger partial charge in [0, 0.05) is 39.3 Å². The van der Waals surface area contributed by atoms with Crippen molar-refractivity contribution in [2.24, 2.45) is 16.8 Å². The van der Waals surface area contributed by atoms with Crippen molar-refractivity contribution in [1.82, 2.24) is 15.5 Å². The first-order chi connectivity index (χ1) is 10.2. The summed E-state index contributed by atoms with van der Waals surface area (Å²) in [4.78, 5) is 6.95. The Kier molecular flexibility index (Phi) is 9.71. The van der Waals surface area contributed by atoms with Gasteiger partial charge >= 0.3 is 0 Å². The van der Waals surface area contributed by atoms with Crippen LogP contribution in [0.3, 0.4) is 0 Å². The summed E-state index contributed by atoms with van der Waals surface area (Å²) < 4.78 is 0. The Morgan fingerprint density at radius 2 is 1.86 bits per heavy atom. The molecule has 2 aliphatic rings. The van der Waals surface area contributed by atoms with Gasteiger partial charge in [-0.1, -0.05) is 26.7 Å². The van der Waals surface area contributed by atoms with E-state index < -0.39 is 0 Å². The molecule has 0 unspecified atom stereocenters. The van der Waals surface area contributed by atoms with E-state index in [4.69, 9.17) is 0 Å². The lowest BCUT2D eigenvalue weighted by Crippen LogP contribution is -2.49. The second-order valence-electron chi connectivity index (χ2n) is 7.20. The van der Waals surface area contributed by atoms with Crippen molar-refractivity contribution >= 4 is 29.9 Å². The number of piperidine rings is 1. The molecule has 0 radical (unpaired) electrons. The topological polar surface area (TPSA) is 39.7 Å².